The third kappa shape index (κ3) is 5.08. The molecule has 2 saturated heterocycles. The van der Waals surface area contributed by atoms with E-state index in [1.165, 1.54) is 12.8 Å². The lowest BCUT2D eigenvalue weighted by molar-refractivity contribution is 0.556. The standard InChI is InChI=1S/C20H25Cl2N7/c21-16-8-7-9-17(22)15(16)14-23-27-18-24-19(28-10-3-1-4-11-28)26-20(25-18)29-12-5-2-6-13-29/h7-9,14H,1-6,10-13H2,(H,24,25,26,27)/b23-14-. The summed E-state index contributed by atoms with van der Waals surface area (Å²) in [4.78, 5) is 18.5. The maximum Gasteiger partial charge on any atom is 0.250 e. The molecule has 0 saturated carbocycles. The molecule has 0 unspecified atom stereocenters. The molecular formula is C20H25Cl2N7. The Morgan fingerprint density at radius 1 is 0.793 bits per heavy atom. The Balaban J connectivity index is 1.58. The van der Waals surface area contributed by atoms with Crippen molar-refractivity contribution < 1.29 is 0 Å². The Hall–Kier alpha value is -2.12. The molecule has 1 N–H and O–H groups in total. The molecule has 0 atom stereocenters. The van der Waals surface area contributed by atoms with E-state index in [0.717, 1.165) is 51.9 Å². The number of halogens is 2. The van der Waals surface area contributed by atoms with Crippen LogP contribution in [0, 0.1) is 0 Å². The van der Waals surface area contributed by atoms with E-state index in [1.807, 2.05) is 0 Å². The number of benzene rings is 1. The highest BCUT2D eigenvalue weighted by atomic mass is 35.5. The molecule has 2 aliphatic heterocycles. The van der Waals surface area contributed by atoms with E-state index in [0.29, 0.717) is 33.5 Å². The Bertz CT molecular complexity index is 805. The fraction of sp³-hybridized carbons (Fsp3) is 0.500. The minimum absolute atomic E-state index is 0.431. The molecule has 0 spiro atoms. The maximum absolute atomic E-state index is 6.21. The monoisotopic (exact) mass is 433 g/mol. The first-order chi connectivity index (χ1) is 14.2. The number of piperidine rings is 2. The number of anilines is 3. The number of nitrogens with zero attached hydrogens (tertiary/aromatic N) is 6. The van der Waals surface area contributed by atoms with Gasteiger partial charge in [0.25, 0.3) is 0 Å². The lowest BCUT2D eigenvalue weighted by Crippen LogP contribution is -2.34. The van der Waals surface area contributed by atoms with Crippen LogP contribution in [0.25, 0.3) is 0 Å². The normalized spacial score (nSPS) is 17.7. The van der Waals surface area contributed by atoms with E-state index in [1.54, 1.807) is 24.4 Å². The van der Waals surface area contributed by atoms with Gasteiger partial charge in [0.1, 0.15) is 0 Å². The van der Waals surface area contributed by atoms with Crippen LogP contribution in [0.4, 0.5) is 17.8 Å². The predicted molar refractivity (Wildman–Crippen MR) is 120 cm³/mol. The van der Waals surface area contributed by atoms with E-state index in [4.69, 9.17) is 28.2 Å². The number of nitrogens with one attached hydrogen (secondary N) is 1. The molecule has 154 valence electrons. The highest BCUT2D eigenvalue weighted by Gasteiger charge is 2.20. The van der Waals surface area contributed by atoms with Gasteiger partial charge in [-0.2, -0.15) is 20.1 Å². The topological polar surface area (TPSA) is 69.5 Å². The summed E-state index contributed by atoms with van der Waals surface area (Å²) in [7, 11) is 0. The molecule has 3 heterocycles. The van der Waals surface area contributed by atoms with Crippen molar-refractivity contribution >= 4 is 47.3 Å². The largest absolute Gasteiger partial charge is 0.341 e. The minimum Gasteiger partial charge on any atom is -0.341 e. The van der Waals surface area contributed by atoms with Crippen molar-refractivity contribution in [1.82, 2.24) is 15.0 Å². The van der Waals surface area contributed by atoms with Crippen LogP contribution in [0.2, 0.25) is 10.0 Å². The number of rotatable bonds is 5. The van der Waals surface area contributed by atoms with Crippen molar-refractivity contribution in [1.29, 1.82) is 0 Å². The molecule has 9 heteroatoms. The number of aromatic nitrogens is 3. The second-order valence-corrected chi connectivity index (χ2v) is 8.17. The number of hydrogen-bond acceptors (Lipinski definition) is 7. The first-order valence-electron chi connectivity index (χ1n) is 10.2. The molecule has 4 rings (SSSR count). The molecule has 29 heavy (non-hydrogen) atoms. The Labute approximate surface area is 181 Å². The first kappa shape index (κ1) is 20.2. The van der Waals surface area contributed by atoms with E-state index in [-0.39, 0.29) is 0 Å². The summed E-state index contributed by atoms with van der Waals surface area (Å²) in [5, 5.41) is 5.36. The van der Waals surface area contributed by atoms with E-state index >= 15 is 0 Å². The molecule has 0 bridgehead atoms. The summed E-state index contributed by atoms with van der Waals surface area (Å²) in [5.74, 6) is 1.86. The highest BCUT2D eigenvalue weighted by molar-refractivity contribution is 6.38. The maximum atomic E-state index is 6.21. The van der Waals surface area contributed by atoms with Crippen LogP contribution in [0.1, 0.15) is 44.1 Å². The zero-order valence-electron chi connectivity index (χ0n) is 16.3. The fourth-order valence-corrected chi connectivity index (χ4v) is 4.16. The van der Waals surface area contributed by atoms with Crippen molar-refractivity contribution in [3.8, 4) is 0 Å². The van der Waals surface area contributed by atoms with Crippen LogP contribution < -0.4 is 15.2 Å². The Morgan fingerprint density at radius 3 is 1.83 bits per heavy atom. The molecular weight excluding hydrogens is 409 g/mol. The number of hydrogen-bond donors (Lipinski definition) is 1. The van der Waals surface area contributed by atoms with Gasteiger partial charge in [-0.25, -0.2) is 5.43 Å². The summed E-state index contributed by atoms with van der Waals surface area (Å²) in [6.07, 6.45) is 8.76. The molecule has 2 fully saturated rings. The molecule has 1 aromatic carbocycles. The summed E-state index contributed by atoms with van der Waals surface area (Å²) < 4.78 is 0. The lowest BCUT2D eigenvalue weighted by atomic mass is 10.1. The Morgan fingerprint density at radius 2 is 1.31 bits per heavy atom. The van der Waals surface area contributed by atoms with Crippen molar-refractivity contribution in [2.75, 3.05) is 41.4 Å². The van der Waals surface area contributed by atoms with E-state index in [2.05, 4.69) is 30.3 Å². The third-order valence-electron chi connectivity index (χ3n) is 5.25. The van der Waals surface area contributed by atoms with Crippen LogP contribution in [0.5, 0.6) is 0 Å². The SMILES string of the molecule is Clc1cccc(Cl)c1/C=N\Nc1nc(N2CCCCC2)nc(N2CCCCC2)n1. The minimum atomic E-state index is 0.431. The van der Waals surface area contributed by atoms with E-state index < -0.39 is 0 Å². The van der Waals surface area contributed by atoms with Crippen molar-refractivity contribution in [3.63, 3.8) is 0 Å². The van der Waals surface area contributed by atoms with Gasteiger partial charge in [-0.05, 0) is 50.7 Å². The summed E-state index contributed by atoms with van der Waals surface area (Å²) >= 11 is 12.4. The molecule has 2 aromatic rings. The lowest BCUT2D eigenvalue weighted by Gasteiger charge is -2.30. The van der Waals surface area contributed by atoms with Crippen LogP contribution in [-0.4, -0.2) is 47.3 Å². The second-order valence-electron chi connectivity index (χ2n) is 7.36. The molecule has 1 aromatic heterocycles. The van der Waals surface area contributed by atoms with E-state index in [9.17, 15) is 0 Å². The highest BCUT2D eigenvalue weighted by Crippen LogP contribution is 2.24. The van der Waals surface area contributed by atoms with Gasteiger partial charge in [0.15, 0.2) is 0 Å². The van der Waals surface area contributed by atoms with Gasteiger partial charge in [0.2, 0.25) is 17.8 Å². The van der Waals surface area contributed by atoms with Gasteiger partial charge in [-0.15, -0.1) is 0 Å². The first-order valence-corrected chi connectivity index (χ1v) is 11.0. The predicted octanol–water partition coefficient (Wildman–Crippen LogP) is 4.61. The summed E-state index contributed by atoms with van der Waals surface area (Å²) in [6.45, 7) is 3.89. The summed E-state index contributed by atoms with van der Waals surface area (Å²) in [5.41, 5.74) is 3.60. The molecule has 0 radical (unpaired) electrons. The smallest absolute Gasteiger partial charge is 0.250 e. The average Bonchev–Trinajstić information content (AvgIpc) is 2.77. The van der Waals surface area contributed by atoms with Crippen LogP contribution in [0.15, 0.2) is 23.3 Å². The van der Waals surface area contributed by atoms with Gasteiger partial charge < -0.3 is 9.80 Å². The summed E-state index contributed by atoms with van der Waals surface area (Å²) in [6, 6.07) is 5.36. The van der Waals surface area contributed by atoms with Gasteiger partial charge in [-0.1, -0.05) is 29.3 Å². The van der Waals surface area contributed by atoms with Crippen molar-refractivity contribution in [3.05, 3.63) is 33.8 Å². The third-order valence-corrected chi connectivity index (χ3v) is 5.91. The van der Waals surface area contributed by atoms with Gasteiger partial charge in [0.05, 0.1) is 16.3 Å². The fourth-order valence-electron chi connectivity index (χ4n) is 3.66. The molecule has 0 amide bonds. The molecule has 2 aliphatic rings. The van der Waals surface area contributed by atoms with Crippen LogP contribution in [0.3, 0.4) is 0 Å². The molecule has 7 nitrogen and oxygen atoms in total. The van der Waals surface area contributed by atoms with Crippen LogP contribution >= 0.6 is 23.2 Å². The van der Waals surface area contributed by atoms with Gasteiger partial charge >= 0.3 is 0 Å². The molecule has 0 aliphatic carbocycles. The van der Waals surface area contributed by atoms with Crippen molar-refractivity contribution in [2.24, 2.45) is 5.10 Å². The van der Waals surface area contributed by atoms with Crippen LogP contribution in [-0.2, 0) is 0 Å². The van der Waals surface area contributed by atoms with Crippen molar-refractivity contribution in [2.45, 2.75) is 38.5 Å². The Kier molecular flexibility index (Phi) is 6.67. The quantitative estimate of drug-likeness (QED) is 0.548. The average molecular weight is 434 g/mol. The zero-order valence-corrected chi connectivity index (χ0v) is 17.8. The second kappa shape index (κ2) is 9.59. The van der Waals surface area contributed by atoms with Gasteiger partial charge in [0, 0.05) is 31.7 Å². The number of hydrazone groups is 1. The zero-order chi connectivity index (χ0) is 20.1. The van der Waals surface area contributed by atoms with Gasteiger partial charge in [-0.3, -0.25) is 0 Å².